The van der Waals surface area contributed by atoms with Crippen LogP contribution < -0.4 is 5.73 Å². The maximum absolute atomic E-state index is 9.89. The Labute approximate surface area is 164 Å². The predicted molar refractivity (Wildman–Crippen MR) is 103 cm³/mol. The fourth-order valence-electron chi connectivity index (χ4n) is 4.16. The number of fused-ring (bicyclic) bond motifs is 1. The van der Waals surface area contributed by atoms with E-state index < -0.39 is 5.41 Å². The molecule has 136 valence electrons. The van der Waals surface area contributed by atoms with Crippen LogP contribution >= 0.6 is 11.6 Å². The topological polar surface area (TPSA) is 101 Å². The number of rotatable bonds is 2. The van der Waals surface area contributed by atoms with Crippen molar-refractivity contribution < 1.29 is 0 Å². The van der Waals surface area contributed by atoms with Gasteiger partial charge >= 0.3 is 0 Å². The number of hydrogen-bond acceptors (Lipinski definition) is 5. The molecule has 0 spiro atoms. The van der Waals surface area contributed by atoms with Crippen LogP contribution in [0.5, 0.6) is 0 Å². The van der Waals surface area contributed by atoms with E-state index >= 15 is 0 Å². The Morgan fingerprint density at radius 2 is 1.89 bits per heavy atom. The smallest absolute Gasteiger partial charge is 0.204 e. The molecular weight excluding hydrogens is 358 g/mol. The minimum Gasteiger partial charge on any atom is -0.399 e. The zero-order valence-corrected chi connectivity index (χ0v) is 16.0. The predicted octanol–water partition coefficient (Wildman–Crippen LogP) is 3.47. The Hall–Kier alpha value is -2.78. The molecule has 0 saturated heterocycles. The van der Waals surface area contributed by atoms with E-state index in [0.29, 0.717) is 29.7 Å². The van der Waals surface area contributed by atoms with Crippen LogP contribution in [0, 0.1) is 45.3 Å². The first-order chi connectivity index (χ1) is 12.9. The first-order valence-corrected chi connectivity index (χ1v) is 9.20. The summed E-state index contributed by atoms with van der Waals surface area (Å²) in [6.45, 7) is 5.47. The van der Waals surface area contributed by atoms with Crippen molar-refractivity contribution in [3.05, 3.63) is 57.8 Å². The Morgan fingerprint density at radius 3 is 2.44 bits per heavy atom. The average Bonchev–Trinajstić information content (AvgIpc) is 2.68. The molecular formula is C21H20ClN5. The van der Waals surface area contributed by atoms with Gasteiger partial charge in [0.15, 0.2) is 0 Å². The number of benzene rings is 1. The summed E-state index contributed by atoms with van der Waals surface area (Å²) in [5.74, 6) is -0.603. The van der Waals surface area contributed by atoms with Gasteiger partial charge in [0, 0.05) is 36.0 Å². The zero-order valence-electron chi connectivity index (χ0n) is 15.3. The number of nitriles is 3. The summed E-state index contributed by atoms with van der Waals surface area (Å²) < 4.78 is 0. The molecule has 27 heavy (non-hydrogen) atoms. The monoisotopic (exact) mass is 377 g/mol. The highest BCUT2D eigenvalue weighted by atomic mass is 35.5. The van der Waals surface area contributed by atoms with Crippen LogP contribution in [-0.2, 0) is 0 Å². The van der Waals surface area contributed by atoms with Gasteiger partial charge in [-0.25, -0.2) is 0 Å². The first-order valence-electron chi connectivity index (χ1n) is 8.83. The summed E-state index contributed by atoms with van der Waals surface area (Å²) in [7, 11) is 0. The standard InChI is InChI=1S/C21H20ClN5/c1-13(2)27-8-7-17-16(10-27)19(14-5-3-4-6-18(14)22)15(9-23)20(26)21(17,11-24)12-25/h3-7,13,16,19H,8,10,26H2,1-2H3/t16-,19+/m1/s1. The van der Waals surface area contributed by atoms with Crippen molar-refractivity contribution >= 4 is 11.6 Å². The van der Waals surface area contributed by atoms with Crippen LogP contribution in [0.25, 0.3) is 0 Å². The highest BCUT2D eigenvalue weighted by Crippen LogP contribution is 2.53. The van der Waals surface area contributed by atoms with E-state index in [4.69, 9.17) is 17.3 Å². The molecule has 2 aliphatic rings. The molecule has 0 radical (unpaired) electrons. The van der Waals surface area contributed by atoms with Gasteiger partial charge in [0.25, 0.3) is 0 Å². The van der Waals surface area contributed by atoms with Gasteiger partial charge in [-0.05, 0) is 31.1 Å². The van der Waals surface area contributed by atoms with E-state index in [9.17, 15) is 15.8 Å². The Morgan fingerprint density at radius 1 is 1.22 bits per heavy atom. The summed E-state index contributed by atoms with van der Waals surface area (Å²) in [6.07, 6.45) is 1.94. The number of allylic oxidation sites excluding steroid dienone is 2. The fraction of sp³-hybridized carbons (Fsp3) is 0.381. The lowest BCUT2D eigenvalue weighted by Crippen LogP contribution is -2.48. The van der Waals surface area contributed by atoms with Gasteiger partial charge < -0.3 is 5.73 Å². The lowest BCUT2D eigenvalue weighted by atomic mass is 9.60. The van der Waals surface area contributed by atoms with E-state index in [0.717, 1.165) is 5.56 Å². The third-order valence-corrected chi connectivity index (χ3v) is 5.99. The van der Waals surface area contributed by atoms with E-state index in [-0.39, 0.29) is 23.1 Å². The molecule has 3 rings (SSSR count). The maximum Gasteiger partial charge on any atom is 0.204 e. The molecule has 2 atom stereocenters. The van der Waals surface area contributed by atoms with Crippen LogP contribution in [0.3, 0.4) is 0 Å². The normalized spacial score (nSPS) is 24.4. The second-order valence-electron chi connectivity index (χ2n) is 7.23. The molecule has 1 aliphatic heterocycles. The molecule has 0 bridgehead atoms. The second-order valence-corrected chi connectivity index (χ2v) is 7.63. The molecule has 0 fully saturated rings. The Kier molecular flexibility index (Phi) is 4.99. The average molecular weight is 378 g/mol. The molecule has 1 aromatic carbocycles. The molecule has 1 aromatic rings. The number of halogens is 1. The van der Waals surface area contributed by atoms with Crippen molar-refractivity contribution in [3.8, 4) is 18.2 Å². The van der Waals surface area contributed by atoms with Crippen molar-refractivity contribution in [2.45, 2.75) is 25.8 Å². The largest absolute Gasteiger partial charge is 0.399 e. The van der Waals surface area contributed by atoms with E-state index in [1.54, 1.807) is 6.07 Å². The number of nitrogens with two attached hydrogens (primary N) is 1. The zero-order chi connectivity index (χ0) is 19.8. The van der Waals surface area contributed by atoms with Gasteiger partial charge in [-0.3, -0.25) is 4.90 Å². The minimum absolute atomic E-state index is 0.0282. The number of hydrogen-bond donors (Lipinski definition) is 1. The lowest BCUT2D eigenvalue weighted by molar-refractivity contribution is 0.186. The van der Waals surface area contributed by atoms with Gasteiger partial charge in [-0.15, -0.1) is 0 Å². The third-order valence-electron chi connectivity index (χ3n) is 5.64. The van der Waals surface area contributed by atoms with Crippen LogP contribution in [0.2, 0.25) is 5.02 Å². The summed E-state index contributed by atoms with van der Waals surface area (Å²) in [4.78, 5) is 2.26. The van der Waals surface area contributed by atoms with Gasteiger partial charge in [0.1, 0.15) is 0 Å². The van der Waals surface area contributed by atoms with Crippen LogP contribution in [0.4, 0.5) is 0 Å². The first kappa shape index (κ1) is 19.0. The van der Waals surface area contributed by atoms with Crippen LogP contribution in [-0.4, -0.2) is 24.0 Å². The van der Waals surface area contributed by atoms with Crippen molar-refractivity contribution in [2.24, 2.45) is 17.1 Å². The van der Waals surface area contributed by atoms with Crippen LogP contribution in [0.15, 0.2) is 47.2 Å². The van der Waals surface area contributed by atoms with E-state index in [1.165, 1.54) is 0 Å². The maximum atomic E-state index is 9.89. The number of nitrogens with zero attached hydrogens (tertiary/aromatic N) is 4. The van der Waals surface area contributed by atoms with Crippen molar-refractivity contribution in [1.82, 2.24) is 4.90 Å². The van der Waals surface area contributed by atoms with Gasteiger partial charge in [-0.1, -0.05) is 35.9 Å². The summed E-state index contributed by atoms with van der Waals surface area (Å²) in [6, 6.07) is 14.0. The SMILES string of the molecule is CC(C)N1CC=C2[C@@H](C1)[C@@H](c1ccccc1Cl)C(C#N)=C(N)C2(C#N)C#N. The second kappa shape index (κ2) is 7.09. The fourth-order valence-corrected chi connectivity index (χ4v) is 4.41. The molecule has 0 saturated carbocycles. The third kappa shape index (κ3) is 2.79. The van der Waals surface area contributed by atoms with Crippen molar-refractivity contribution in [2.75, 3.05) is 13.1 Å². The molecule has 0 unspecified atom stereocenters. The molecule has 5 nitrogen and oxygen atoms in total. The quantitative estimate of drug-likeness (QED) is 0.795. The van der Waals surface area contributed by atoms with Crippen molar-refractivity contribution in [3.63, 3.8) is 0 Å². The molecule has 1 aliphatic carbocycles. The summed E-state index contributed by atoms with van der Waals surface area (Å²) in [5, 5.41) is 30.2. The van der Waals surface area contributed by atoms with Gasteiger partial charge in [-0.2, -0.15) is 15.8 Å². The Balaban J connectivity index is 2.31. The molecule has 1 heterocycles. The molecule has 0 aromatic heterocycles. The summed E-state index contributed by atoms with van der Waals surface area (Å²) >= 11 is 6.46. The minimum atomic E-state index is -1.60. The highest BCUT2D eigenvalue weighted by molar-refractivity contribution is 6.31. The lowest BCUT2D eigenvalue weighted by Gasteiger charge is -2.46. The molecule has 0 amide bonds. The van der Waals surface area contributed by atoms with Gasteiger partial charge in [0.05, 0.1) is 29.5 Å². The van der Waals surface area contributed by atoms with E-state index in [1.807, 2.05) is 24.3 Å². The molecule has 2 N–H and O–H groups in total. The van der Waals surface area contributed by atoms with Gasteiger partial charge in [0.2, 0.25) is 5.41 Å². The highest BCUT2D eigenvalue weighted by Gasteiger charge is 2.52. The summed E-state index contributed by atoms with van der Waals surface area (Å²) in [5.41, 5.74) is 6.46. The van der Waals surface area contributed by atoms with Crippen molar-refractivity contribution in [1.29, 1.82) is 15.8 Å². The molecule has 6 heteroatoms. The van der Waals surface area contributed by atoms with Crippen LogP contribution in [0.1, 0.15) is 25.3 Å². The Bertz CT molecular complexity index is 940. The van der Waals surface area contributed by atoms with E-state index in [2.05, 4.69) is 37.0 Å².